The van der Waals surface area contributed by atoms with Crippen LogP contribution in [0.2, 0.25) is 0 Å². The number of carbonyl (C=O) groups is 2. The molecule has 0 aromatic heterocycles. The predicted octanol–water partition coefficient (Wildman–Crippen LogP) is 3.51. The molecule has 0 atom stereocenters. The summed E-state index contributed by atoms with van der Waals surface area (Å²) in [5.74, 6) is 0.0749. The number of aryl methyl sites for hydroxylation is 1. The summed E-state index contributed by atoms with van der Waals surface area (Å²) in [5, 5.41) is 0. The Kier molecular flexibility index (Phi) is 4.38. The lowest BCUT2D eigenvalue weighted by Gasteiger charge is -2.13. The molecule has 0 unspecified atom stereocenters. The van der Waals surface area contributed by atoms with Crippen LogP contribution in [-0.4, -0.2) is 11.9 Å². The molecule has 4 nitrogen and oxygen atoms in total. The molecule has 2 aromatic rings. The molecule has 0 amide bonds. The molecule has 0 aliphatic heterocycles. The number of para-hydroxylation sites is 1. The second kappa shape index (κ2) is 6.22. The topological polar surface area (TPSA) is 52.6 Å². The molecule has 2 aromatic carbocycles. The van der Waals surface area contributed by atoms with Gasteiger partial charge in [-0.25, -0.2) is 0 Å². The van der Waals surface area contributed by atoms with Crippen LogP contribution in [0.4, 0.5) is 0 Å². The van der Waals surface area contributed by atoms with Crippen molar-refractivity contribution in [3.05, 3.63) is 48.0 Å². The molecule has 0 saturated heterocycles. The van der Waals surface area contributed by atoms with Crippen LogP contribution in [0.3, 0.4) is 0 Å². The molecule has 0 fully saturated rings. The van der Waals surface area contributed by atoms with Gasteiger partial charge < -0.3 is 9.47 Å². The average molecular weight is 284 g/mol. The minimum atomic E-state index is -0.399. The number of rotatable bonds is 3. The highest BCUT2D eigenvalue weighted by Crippen LogP contribution is 2.37. The maximum absolute atomic E-state index is 11.2. The summed E-state index contributed by atoms with van der Waals surface area (Å²) in [7, 11) is 0. The Morgan fingerprint density at radius 1 is 0.810 bits per heavy atom. The van der Waals surface area contributed by atoms with E-state index in [1.165, 1.54) is 13.8 Å². The van der Waals surface area contributed by atoms with Crippen molar-refractivity contribution in [1.29, 1.82) is 0 Å². The Labute approximate surface area is 123 Å². The first kappa shape index (κ1) is 14.8. The van der Waals surface area contributed by atoms with Gasteiger partial charge in [0.25, 0.3) is 0 Å². The van der Waals surface area contributed by atoms with Crippen LogP contribution in [0.5, 0.6) is 11.5 Å². The summed E-state index contributed by atoms with van der Waals surface area (Å²) in [6, 6.07) is 12.6. The van der Waals surface area contributed by atoms with Crippen LogP contribution in [0, 0.1) is 6.92 Å². The Balaban J connectivity index is 2.57. The predicted molar refractivity (Wildman–Crippen MR) is 79.2 cm³/mol. The molecule has 0 heterocycles. The third-order valence-corrected chi connectivity index (χ3v) is 2.82. The minimum Gasteiger partial charge on any atom is -0.426 e. The SMILES string of the molecule is CC(=O)Oc1ccccc1-c1cc(C)ccc1OC(C)=O. The highest BCUT2D eigenvalue weighted by Gasteiger charge is 2.14. The maximum Gasteiger partial charge on any atom is 0.308 e. The first-order valence-corrected chi connectivity index (χ1v) is 6.54. The summed E-state index contributed by atoms with van der Waals surface area (Å²) in [5.41, 5.74) is 2.42. The second-order valence-corrected chi connectivity index (χ2v) is 4.68. The van der Waals surface area contributed by atoms with E-state index >= 15 is 0 Å². The molecule has 0 bridgehead atoms. The van der Waals surface area contributed by atoms with Gasteiger partial charge in [-0.1, -0.05) is 29.8 Å². The zero-order valence-electron chi connectivity index (χ0n) is 12.2. The van der Waals surface area contributed by atoms with E-state index in [-0.39, 0.29) is 0 Å². The third kappa shape index (κ3) is 3.69. The van der Waals surface area contributed by atoms with Crippen LogP contribution in [-0.2, 0) is 9.59 Å². The smallest absolute Gasteiger partial charge is 0.308 e. The number of carbonyl (C=O) groups excluding carboxylic acids is 2. The summed E-state index contributed by atoms with van der Waals surface area (Å²) in [6.45, 7) is 4.64. The van der Waals surface area contributed by atoms with E-state index in [4.69, 9.17) is 9.47 Å². The summed E-state index contributed by atoms with van der Waals surface area (Å²) >= 11 is 0. The molecule has 4 heteroatoms. The Morgan fingerprint density at radius 2 is 1.38 bits per heavy atom. The van der Waals surface area contributed by atoms with Crippen molar-refractivity contribution in [2.45, 2.75) is 20.8 Å². The van der Waals surface area contributed by atoms with Crippen molar-refractivity contribution in [2.75, 3.05) is 0 Å². The van der Waals surface area contributed by atoms with E-state index in [2.05, 4.69) is 0 Å². The molecule has 0 aliphatic carbocycles. The van der Waals surface area contributed by atoms with Crippen molar-refractivity contribution in [3.63, 3.8) is 0 Å². The lowest BCUT2D eigenvalue weighted by atomic mass is 10.0. The zero-order chi connectivity index (χ0) is 15.4. The third-order valence-electron chi connectivity index (χ3n) is 2.82. The molecule has 0 saturated carbocycles. The van der Waals surface area contributed by atoms with Crippen molar-refractivity contribution < 1.29 is 19.1 Å². The molecule has 108 valence electrons. The lowest BCUT2D eigenvalue weighted by Crippen LogP contribution is -2.05. The summed E-state index contributed by atoms with van der Waals surface area (Å²) in [6.07, 6.45) is 0. The average Bonchev–Trinajstić information content (AvgIpc) is 2.40. The van der Waals surface area contributed by atoms with Crippen LogP contribution < -0.4 is 9.47 Å². The van der Waals surface area contributed by atoms with Gasteiger partial charge in [0, 0.05) is 25.0 Å². The van der Waals surface area contributed by atoms with Gasteiger partial charge in [0.15, 0.2) is 0 Å². The molecule has 0 N–H and O–H groups in total. The molecule has 2 rings (SSSR count). The summed E-state index contributed by atoms with van der Waals surface area (Å²) in [4.78, 5) is 22.5. The molecular formula is C17H16O4. The van der Waals surface area contributed by atoms with Gasteiger partial charge in [-0.3, -0.25) is 9.59 Å². The van der Waals surface area contributed by atoms with Gasteiger partial charge in [-0.2, -0.15) is 0 Å². The Morgan fingerprint density at radius 3 is 2.00 bits per heavy atom. The van der Waals surface area contributed by atoms with Gasteiger partial charge in [0.2, 0.25) is 0 Å². The van der Waals surface area contributed by atoms with Crippen LogP contribution in [0.1, 0.15) is 19.4 Å². The van der Waals surface area contributed by atoms with E-state index in [0.29, 0.717) is 22.6 Å². The van der Waals surface area contributed by atoms with Gasteiger partial charge >= 0.3 is 11.9 Å². The maximum atomic E-state index is 11.2. The molecule has 21 heavy (non-hydrogen) atoms. The van der Waals surface area contributed by atoms with Gasteiger partial charge in [-0.05, 0) is 25.1 Å². The van der Waals surface area contributed by atoms with Gasteiger partial charge in [0.1, 0.15) is 11.5 Å². The molecule has 0 aliphatic rings. The number of benzene rings is 2. The minimum absolute atomic E-state index is 0.398. The fraction of sp³-hybridized carbons (Fsp3) is 0.176. The largest absolute Gasteiger partial charge is 0.426 e. The van der Waals surface area contributed by atoms with E-state index < -0.39 is 11.9 Å². The number of ether oxygens (including phenoxy) is 2. The fourth-order valence-electron chi connectivity index (χ4n) is 2.03. The van der Waals surface area contributed by atoms with E-state index in [0.717, 1.165) is 5.56 Å². The zero-order valence-corrected chi connectivity index (χ0v) is 12.2. The van der Waals surface area contributed by atoms with Crippen LogP contribution in [0.25, 0.3) is 11.1 Å². The lowest BCUT2D eigenvalue weighted by molar-refractivity contribution is -0.132. The summed E-state index contributed by atoms with van der Waals surface area (Å²) < 4.78 is 10.5. The molecule has 0 radical (unpaired) electrons. The van der Waals surface area contributed by atoms with Gasteiger partial charge in [0.05, 0.1) is 0 Å². The number of hydrogen-bond donors (Lipinski definition) is 0. The first-order valence-electron chi connectivity index (χ1n) is 6.54. The Hall–Kier alpha value is -2.62. The quantitative estimate of drug-likeness (QED) is 0.639. The second-order valence-electron chi connectivity index (χ2n) is 4.68. The van der Waals surface area contributed by atoms with E-state index in [1.807, 2.05) is 31.2 Å². The van der Waals surface area contributed by atoms with Crippen molar-refractivity contribution in [3.8, 4) is 22.6 Å². The standard InChI is InChI=1S/C17H16O4/c1-11-8-9-17(21-13(3)19)15(10-11)14-6-4-5-7-16(14)20-12(2)18/h4-10H,1-3H3. The van der Waals surface area contributed by atoms with E-state index in [9.17, 15) is 9.59 Å². The van der Waals surface area contributed by atoms with Crippen molar-refractivity contribution in [2.24, 2.45) is 0 Å². The fourth-order valence-corrected chi connectivity index (χ4v) is 2.03. The van der Waals surface area contributed by atoms with Crippen molar-refractivity contribution in [1.82, 2.24) is 0 Å². The van der Waals surface area contributed by atoms with Crippen LogP contribution >= 0.6 is 0 Å². The van der Waals surface area contributed by atoms with Gasteiger partial charge in [-0.15, -0.1) is 0 Å². The first-order chi connectivity index (χ1) is 9.97. The normalized spacial score (nSPS) is 10.0. The highest BCUT2D eigenvalue weighted by atomic mass is 16.5. The van der Waals surface area contributed by atoms with E-state index in [1.54, 1.807) is 18.2 Å². The molecule has 0 spiro atoms. The highest BCUT2D eigenvalue weighted by molar-refractivity contribution is 5.82. The number of hydrogen-bond acceptors (Lipinski definition) is 4. The Bertz CT molecular complexity index is 689. The van der Waals surface area contributed by atoms with Crippen molar-refractivity contribution >= 4 is 11.9 Å². The molecular weight excluding hydrogens is 268 g/mol. The number of esters is 2. The van der Waals surface area contributed by atoms with Crippen LogP contribution in [0.15, 0.2) is 42.5 Å². The monoisotopic (exact) mass is 284 g/mol.